The third-order valence-electron chi connectivity index (χ3n) is 2.84. The van der Waals surface area contributed by atoms with Crippen LogP contribution >= 0.6 is 0 Å². The Morgan fingerprint density at radius 2 is 1.76 bits per heavy atom. The van der Waals surface area contributed by atoms with Crippen molar-refractivity contribution in [3.63, 3.8) is 0 Å². The van der Waals surface area contributed by atoms with E-state index in [1.54, 1.807) is 12.1 Å². The molecule has 21 heavy (non-hydrogen) atoms. The molecule has 0 unspecified atom stereocenters. The molecule has 6 nitrogen and oxygen atoms in total. The van der Waals surface area contributed by atoms with E-state index in [0.717, 1.165) is 5.56 Å². The molecule has 0 aliphatic heterocycles. The zero-order chi connectivity index (χ0) is 16.3. The van der Waals surface area contributed by atoms with E-state index in [2.05, 4.69) is 4.72 Å². The van der Waals surface area contributed by atoms with Crippen molar-refractivity contribution in [1.29, 1.82) is 0 Å². The average Bonchev–Trinajstić information content (AvgIpc) is 2.25. The van der Waals surface area contributed by atoms with Gasteiger partial charge in [0.25, 0.3) is 0 Å². The number of nitrogens with zero attached hydrogens (tertiary/aromatic N) is 1. The van der Waals surface area contributed by atoms with Crippen molar-refractivity contribution in [2.45, 2.75) is 24.3 Å². The second-order valence-corrected chi connectivity index (χ2v) is 7.92. The molecule has 1 atom stereocenters. The standard InChI is InChI=1S/C14H22N2O4S/c1-11-5-7-13(8-6-11)21(19,20)15-12(9-14(17)18)10-16(2,3)4/h5-8,12,15H,9-10H2,1-4H3/p+1/t12-/m0/s1. The average molecular weight is 315 g/mol. The lowest BCUT2D eigenvalue weighted by Gasteiger charge is -2.29. The Bertz CT molecular complexity index is 588. The largest absolute Gasteiger partial charge is 0.481 e. The highest BCUT2D eigenvalue weighted by Crippen LogP contribution is 2.12. The number of aliphatic carboxylic acids is 1. The number of likely N-dealkylation sites (N-methyl/N-ethyl adjacent to an activating group) is 1. The Hall–Kier alpha value is -1.44. The Balaban J connectivity index is 2.95. The summed E-state index contributed by atoms with van der Waals surface area (Å²) in [6.45, 7) is 2.26. The van der Waals surface area contributed by atoms with Crippen molar-refractivity contribution >= 4 is 16.0 Å². The second-order valence-electron chi connectivity index (χ2n) is 6.20. The number of carboxylic acid groups (broad SMARTS) is 1. The summed E-state index contributed by atoms with van der Waals surface area (Å²) in [4.78, 5) is 11.1. The van der Waals surface area contributed by atoms with Crippen LogP contribution in [0.15, 0.2) is 29.2 Å². The molecule has 0 fully saturated rings. The molecule has 0 saturated heterocycles. The van der Waals surface area contributed by atoms with Crippen molar-refractivity contribution in [2.24, 2.45) is 0 Å². The van der Waals surface area contributed by atoms with Gasteiger partial charge in [-0.2, -0.15) is 0 Å². The lowest BCUT2D eigenvalue weighted by Crippen LogP contribution is -2.49. The van der Waals surface area contributed by atoms with Crippen LogP contribution < -0.4 is 4.72 Å². The topological polar surface area (TPSA) is 83.5 Å². The van der Waals surface area contributed by atoms with Gasteiger partial charge in [0, 0.05) is 0 Å². The molecule has 1 rings (SSSR count). The van der Waals surface area contributed by atoms with Gasteiger partial charge in [-0.15, -0.1) is 0 Å². The molecule has 0 aliphatic rings. The first-order valence-corrected chi connectivity index (χ1v) is 8.09. The maximum absolute atomic E-state index is 12.3. The van der Waals surface area contributed by atoms with Crippen molar-refractivity contribution in [2.75, 3.05) is 27.7 Å². The molecule has 2 N–H and O–H groups in total. The molecule has 1 aromatic rings. The predicted molar refractivity (Wildman–Crippen MR) is 80.4 cm³/mol. The summed E-state index contributed by atoms with van der Waals surface area (Å²) < 4.78 is 27.6. The van der Waals surface area contributed by atoms with E-state index in [4.69, 9.17) is 5.11 Å². The maximum Gasteiger partial charge on any atom is 0.305 e. The van der Waals surface area contributed by atoms with E-state index in [1.807, 2.05) is 28.1 Å². The molecule has 7 heteroatoms. The number of nitrogens with one attached hydrogen (secondary N) is 1. The van der Waals surface area contributed by atoms with Crippen molar-refractivity contribution in [3.8, 4) is 0 Å². The number of benzene rings is 1. The van der Waals surface area contributed by atoms with Gasteiger partial charge in [-0.3, -0.25) is 4.79 Å². The first kappa shape index (κ1) is 17.6. The quantitative estimate of drug-likeness (QED) is 0.730. The minimum atomic E-state index is -3.72. The van der Waals surface area contributed by atoms with Crippen molar-refractivity contribution < 1.29 is 22.8 Å². The molecule has 0 aliphatic carbocycles. The number of carboxylic acids is 1. The molecule has 0 radical (unpaired) electrons. The number of quaternary nitrogens is 1. The molecule has 0 heterocycles. The molecular weight excluding hydrogens is 292 g/mol. The van der Waals surface area contributed by atoms with Gasteiger partial charge in [0.2, 0.25) is 10.0 Å². The van der Waals surface area contributed by atoms with E-state index < -0.39 is 22.0 Å². The molecule has 0 bridgehead atoms. The Kier molecular flexibility index (Phi) is 5.49. The summed E-state index contributed by atoms with van der Waals surface area (Å²) in [5, 5.41) is 8.94. The first-order valence-electron chi connectivity index (χ1n) is 6.61. The predicted octanol–water partition coefficient (Wildman–Crippen LogP) is 0.823. The fraction of sp³-hybridized carbons (Fsp3) is 0.500. The minimum Gasteiger partial charge on any atom is -0.481 e. The van der Waals surface area contributed by atoms with E-state index in [9.17, 15) is 13.2 Å². The molecule has 1 aromatic carbocycles. The highest BCUT2D eigenvalue weighted by atomic mass is 32.2. The fourth-order valence-corrected chi connectivity index (χ4v) is 3.25. The Morgan fingerprint density at radius 1 is 1.24 bits per heavy atom. The second kappa shape index (κ2) is 6.55. The number of aryl methyl sites for hydroxylation is 1. The van der Waals surface area contributed by atoms with Gasteiger partial charge in [0.05, 0.1) is 45.0 Å². The number of sulfonamides is 1. The number of hydrogen-bond donors (Lipinski definition) is 2. The summed E-state index contributed by atoms with van der Waals surface area (Å²) in [6.07, 6.45) is -0.249. The van der Waals surface area contributed by atoms with Crippen LogP contribution in [0.2, 0.25) is 0 Å². The smallest absolute Gasteiger partial charge is 0.305 e. The van der Waals surface area contributed by atoms with Crippen LogP contribution in [0.1, 0.15) is 12.0 Å². The lowest BCUT2D eigenvalue weighted by molar-refractivity contribution is -0.871. The van der Waals surface area contributed by atoms with E-state index in [0.29, 0.717) is 11.0 Å². The minimum absolute atomic E-state index is 0.143. The van der Waals surface area contributed by atoms with Gasteiger partial charge in [0.15, 0.2) is 0 Å². The van der Waals surface area contributed by atoms with Gasteiger partial charge >= 0.3 is 5.97 Å². The molecule has 0 saturated carbocycles. The molecule has 118 valence electrons. The number of hydrogen-bond acceptors (Lipinski definition) is 3. The number of rotatable bonds is 7. The van der Waals surface area contributed by atoms with E-state index in [-0.39, 0.29) is 11.3 Å². The van der Waals surface area contributed by atoms with Gasteiger partial charge in [-0.25, -0.2) is 13.1 Å². The van der Waals surface area contributed by atoms with Gasteiger partial charge in [0.1, 0.15) is 0 Å². The summed E-state index contributed by atoms with van der Waals surface area (Å²) in [6, 6.07) is 5.79. The summed E-state index contributed by atoms with van der Waals surface area (Å²) in [5.74, 6) is -1.03. The van der Waals surface area contributed by atoms with Crippen molar-refractivity contribution in [1.82, 2.24) is 4.72 Å². The van der Waals surface area contributed by atoms with Crippen LogP contribution in [-0.2, 0) is 14.8 Å². The van der Waals surface area contributed by atoms with Gasteiger partial charge < -0.3 is 9.59 Å². The summed E-state index contributed by atoms with van der Waals surface area (Å²) in [5.41, 5.74) is 0.961. The number of carbonyl (C=O) groups is 1. The van der Waals surface area contributed by atoms with Crippen molar-refractivity contribution in [3.05, 3.63) is 29.8 Å². The first-order chi connectivity index (χ1) is 9.49. The van der Waals surface area contributed by atoms with E-state index in [1.165, 1.54) is 12.1 Å². The van der Waals surface area contributed by atoms with Gasteiger partial charge in [-0.1, -0.05) is 17.7 Å². The zero-order valence-electron chi connectivity index (χ0n) is 12.8. The Labute approximate surface area is 126 Å². The summed E-state index contributed by atoms with van der Waals surface area (Å²) >= 11 is 0. The fourth-order valence-electron chi connectivity index (χ4n) is 2.02. The highest BCUT2D eigenvalue weighted by molar-refractivity contribution is 7.89. The normalized spacial score (nSPS) is 13.9. The molecule has 0 aromatic heterocycles. The van der Waals surface area contributed by atoms with Crippen LogP contribution in [0.5, 0.6) is 0 Å². The van der Waals surface area contributed by atoms with Gasteiger partial charge in [-0.05, 0) is 19.1 Å². The molecule has 0 amide bonds. The summed E-state index contributed by atoms with van der Waals surface area (Å²) in [7, 11) is 1.93. The highest BCUT2D eigenvalue weighted by Gasteiger charge is 2.26. The molecular formula is C14H23N2O4S+. The lowest BCUT2D eigenvalue weighted by atomic mass is 10.2. The van der Waals surface area contributed by atoms with Crippen LogP contribution in [0.25, 0.3) is 0 Å². The molecule has 0 spiro atoms. The van der Waals surface area contributed by atoms with Crippen LogP contribution in [0.4, 0.5) is 0 Å². The third-order valence-corrected chi connectivity index (χ3v) is 4.38. The monoisotopic (exact) mass is 315 g/mol. The Morgan fingerprint density at radius 3 is 2.19 bits per heavy atom. The van der Waals surface area contributed by atoms with Crippen LogP contribution in [0, 0.1) is 6.92 Å². The van der Waals surface area contributed by atoms with E-state index >= 15 is 0 Å². The maximum atomic E-state index is 12.3. The van der Waals surface area contributed by atoms with Crippen LogP contribution in [-0.4, -0.2) is 57.7 Å². The SMILES string of the molecule is Cc1ccc(S(=O)(=O)N[C@@H](CC(=O)O)C[N+](C)(C)C)cc1. The van der Waals surface area contributed by atoms with Crippen LogP contribution in [0.3, 0.4) is 0 Å². The third kappa shape index (κ3) is 6.24. The zero-order valence-corrected chi connectivity index (χ0v) is 13.6.